The van der Waals surface area contributed by atoms with E-state index in [1.165, 1.54) is 11.6 Å². The minimum absolute atomic E-state index is 0.0233. The number of amidine groups is 1. The number of hydrogen-bond acceptors (Lipinski definition) is 4. The maximum Gasteiger partial charge on any atom is 0.320 e. The van der Waals surface area contributed by atoms with E-state index in [1.807, 2.05) is 0 Å². The van der Waals surface area contributed by atoms with E-state index in [1.54, 1.807) is 7.05 Å². The minimum atomic E-state index is -0.811. The van der Waals surface area contributed by atoms with Crippen LogP contribution in [-0.4, -0.2) is 28.9 Å². The molecule has 0 unspecified atom stereocenters. The van der Waals surface area contributed by atoms with E-state index in [4.69, 9.17) is 0 Å². The highest BCUT2D eigenvalue weighted by Crippen LogP contribution is 2.27. The lowest BCUT2D eigenvalue weighted by Crippen LogP contribution is -2.27. The number of carbonyl (C=O) groups is 1. The number of aliphatic imine (C=N–C) groups is 1. The number of aromatic nitrogens is 2. The van der Waals surface area contributed by atoms with Crippen LogP contribution in [0.25, 0.3) is 11.0 Å². The van der Waals surface area contributed by atoms with Gasteiger partial charge in [-0.05, 0) is 15.9 Å². The third kappa shape index (κ3) is 2.24. The van der Waals surface area contributed by atoms with Crippen molar-refractivity contribution in [2.45, 2.75) is 0 Å². The summed E-state index contributed by atoms with van der Waals surface area (Å²) >= 11 is 2.81. The summed E-state index contributed by atoms with van der Waals surface area (Å²) < 4.78 is 28.6. The summed E-state index contributed by atoms with van der Waals surface area (Å²) in [5, 5.41) is 0. The Labute approximate surface area is 120 Å². The molecule has 0 saturated heterocycles. The summed E-state index contributed by atoms with van der Waals surface area (Å²) in [4.78, 5) is 22.4. The summed E-state index contributed by atoms with van der Waals surface area (Å²) in [5.41, 5.74) is 2.48. The van der Waals surface area contributed by atoms with Gasteiger partial charge in [0.05, 0.1) is 9.99 Å². The number of carbonyl (C=O) groups excluding carboxylic acids is 1. The number of hydroxylamine groups is 1. The van der Waals surface area contributed by atoms with Crippen LogP contribution in [0.4, 0.5) is 8.78 Å². The molecule has 1 aromatic heterocycles. The molecular weight excluding hydrogens is 338 g/mol. The number of fused-ring (bicyclic) bond motifs is 1. The number of aryl methyl sites for hydroxylation is 1. The second-order valence-corrected chi connectivity index (χ2v) is 4.53. The molecule has 0 radical (unpaired) electrons. The molecule has 0 aliphatic carbocycles. The molecule has 0 atom stereocenters. The highest BCUT2D eigenvalue weighted by atomic mass is 79.9. The summed E-state index contributed by atoms with van der Waals surface area (Å²) in [5.74, 6) is -1.25. The van der Waals surface area contributed by atoms with Crippen molar-refractivity contribution in [2.75, 3.05) is 7.05 Å². The number of imidazole rings is 1. The molecule has 20 heavy (non-hydrogen) atoms. The molecule has 0 saturated carbocycles. The van der Waals surface area contributed by atoms with Gasteiger partial charge in [-0.15, -0.1) is 0 Å². The quantitative estimate of drug-likeness (QED) is 0.302. The monoisotopic (exact) mass is 346 g/mol. The Balaban J connectivity index is 2.65. The van der Waals surface area contributed by atoms with Gasteiger partial charge in [0.2, 0.25) is 0 Å². The fourth-order valence-corrected chi connectivity index (χ4v) is 2.02. The molecule has 0 bridgehead atoms. The summed E-state index contributed by atoms with van der Waals surface area (Å²) in [6, 6.07) is 1.15. The van der Waals surface area contributed by atoms with Crippen molar-refractivity contribution in [1.82, 2.24) is 15.0 Å². The average molecular weight is 347 g/mol. The Morgan fingerprint density at radius 1 is 1.60 bits per heavy atom. The molecule has 6 nitrogen and oxygen atoms in total. The van der Waals surface area contributed by atoms with Crippen LogP contribution in [-0.2, 0) is 16.7 Å². The number of nitrogens with one attached hydrogen (secondary N) is 1. The van der Waals surface area contributed by atoms with Crippen molar-refractivity contribution in [3.63, 3.8) is 0 Å². The highest BCUT2D eigenvalue weighted by molar-refractivity contribution is 9.10. The summed E-state index contributed by atoms with van der Waals surface area (Å²) in [6.45, 7) is 0.171. The molecule has 0 fully saturated rings. The van der Waals surface area contributed by atoms with Gasteiger partial charge in [0, 0.05) is 20.2 Å². The van der Waals surface area contributed by atoms with Gasteiger partial charge in [-0.2, -0.15) is 5.48 Å². The van der Waals surface area contributed by atoms with Gasteiger partial charge in [-0.3, -0.25) is 9.79 Å². The molecule has 1 N–H and O–H groups in total. The molecular formula is C11H9BrF2N4O2. The van der Waals surface area contributed by atoms with Gasteiger partial charge in [0.1, 0.15) is 11.3 Å². The van der Waals surface area contributed by atoms with Crippen molar-refractivity contribution in [1.29, 1.82) is 0 Å². The topological polar surface area (TPSA) is 68.5 Å². The summed E-state index contributed by atoms with van der Waals surface area (Å²) in [7, 11) is 2.99. The normalized spacial score (nSPS) is 11.8. The molecule has 2 aromatic rings. The largest absolute Gasteiger partial charge is 0.345 e. The van der Waals surface area contributed by atoms with Crippen LogP contribution in [0.3, 0.4) is 0 Å². The predicted octanol–water partition coefficient (Wildman–Crippen LogP) is 1.67. The fraction of sp³-hybridized carbons (Fsp3) is 0.182. The number of halogens is 3. The predicted molar refractivity (Wildman–Crippen MR) is 71.1 cm³/mol. The number of hydrogen-bond donors (Lipinski definition) is 1. The zero-order valence-electron chi connectivity index (χ0n) is 10.4. The molecule has 1 heterocycles. The van der Waals surface area contributed by atoms with E-state index in [0.717, 1.165) is 6.07 Å². The van der Waals surface area contributed by atoms with Crippen LogP contribution < -0.4 is 5.48 Å². The smallest absolute Gasteiger partial charge is 0.320 e. The second-order valence-electron chi connectivity index (χ2n) is 3.74. The van der Waals surface area contributed by atoms with Crippen molar-refractivity contribution < 1.29 is 18.4 Å². The molecule has 9 heteroatoms. The standard InChI is InChI=1S/C11H9BrF2N4O2/c1-15-10(17-20-4-19)11-16-9-6(18(11)2)3-5(13)7(12)8(9)14/h3-4H,1-2H3,(H,15,17). The van der Waals surface area contributed by atoms with Crippen molar-refractivity contribution in [2.24, 2.45) is 12.0 Å². The first-order valence-electron chi connectivity index (χ1n) is 5.33. The summed E-state index contributed by atoms with van der Waals surface area (Å²) in [6.07, 6.45) is 0. The van der Waals surface area contributed by atoms with Crippen LogP contribution in [0.2, 0.25) is 0 Å². The molecule has 106 valence electrons. The lowest BCUT2D eigenvalue weighted by atomic mass is 10.3. The lowest BCUT2D eigenvalue weighted by Gasteiger charge is -2.06. The van der Waals surface area contributed by atoms with Crippen LogP contribution in [0.5, 0.6) is 0 Å². The molecule has 0 spiro atoms. The SMILES string of the molecule is CN=C(NOC=O)c1nc2c(F)c(Br)c(F)cc2n1C. The van der Waals surface area contributed by atoms with Crippen molar-refractivity contribution in [3.8, 4) is 0 Å². The maximum atomic E-state index is 14.0. The number of rotatable bonds is 3. The van der Waals surface area contributed by atoms with Gasteiger partial charge in [-0.25, -0.2) is 13.8 Å². The van der Waals surface area contributed by atoms with Gasteiger partial charge < -0.3 is 9.40 Å². The Kier molecular flexibility index (Phi) is 3.98. The van der Waals surface area contributed by atoms with E-state index in [2.05, 4.69) is 36.2 Å². The maximum absolute atomic E-state index is 14.0. The number of nitrogens with zero attached hydrogens (tertiary/aromatic N) is 3. The van der Waals surface area contributed by atoms with E-state index in [-0.39, 0.29) is 33.6 Å². The Bertz CT molecular complexity index is 714. The third-order valence-corrected chi connectivity index (χ3v) is 3.38. The molecule has 2 rings (SSSR count). The van der Waals surface area contributed by atoms with E-state index >= 15 is 0 Å². The fourth-order valence-electron chi connectivity index (χ4n) is 1.71. The molecule has 1 aromatic carbocycles. The Hall–Kier alpha value is -2.03. The minimum Gasteiger partial charge on any atom is -0.345 e. The van der Waals surface area contributed by atoms with E-state index in [9.17, 15) is 13.6 Å². The highest BCUT2D eigenvalue weighted by Gasteiger charge is 2.20. The van der Waals surface area contributed by atoms with Crippen LogP contribution in [0.1, 0.15) is 5.82 Å². The number of benzene rings is 1. The van der Waals surface area contributed by atoms with Gasteiger partial charge >= 0.3 is 6.47 Å². The molecule has 0 aliphatic heterocycles. The average Bonchev–Trinajstić information content (AvgIpc) is 2.75. The molecule has 0 aliphatic rings. The lowest BCUT2D eigenvalue weighted by molar-refractivity contribution is -0.132. The van der Waals surface area contributed by atoms with Gasteiger partial charge in [-0.1, -0.05) is 0 Å². The first-order valence-corrected chi connectivity index (χ1v) is 6.13. The van der Waals surface area contributed by atoms with E-state index in [0.29, 0.717) is 0 Å². The Morgan fingerprint density at radius 2 is 2.30 bits per heavy atom. The first-order chi connectivity index (χ1) is 9.51. The van der Waals surface area contributed by atoms with Crippen LogP contribution in [0.15, 0.2) is 15.5 Å². The van der Waals surface area contributed by atoms with Gasteiger partial charge in [0.15, 0.2) is 17.5 Å². The third-order valence-electron chi connectivity index (χ3n) is 2.65. The van der Waals surface area contributed by atoms with Crippen LogP contribution in [0, 0.1) is 11.6 Å². The van der Waals surface area contributed by atoms with Gasteiger partial charge in [0.25, 0.3) is 0 Å². The van der Waals surface area contributed by atoms with E-state index < -0.39 is 11.6 Å². The first kappa shape index (κ1) is 14.4. The van der Waals surface area contributed by atoms with Crippen LogP contribution >= 0.6 is 15.9 Å². The second kappa shape index (κ2) is 5.53. The zero-order chi connectivity index (χ0) is 14.9. The Morgan fingerprint density at radius 3 is 2.90 bits per heavy atom. The van der Waals surface area contributed by atoms with Crippen molar-refractivity contribution >= 4 is 39.3 Å². The zero-order valence-corrected chi connectivity index (χ0v) is 12.0. The van der Waals surface area contributed by atoms with Crippen molar-refractivity contribution in [3.05, 3.63) is 28.0 Å². The molecule has 0 amide bonds.